The number of carbonyl (C=O) groups is 2. The highest BCUT2D eigenvalue weighted by Gasteiger charge is 2.51. The third-order valence-corrected chi connectivity index (χ3v) is 2.47. The minimum absolute atomic E-state index is 0.223. The van der Waals surface area contributed by atoms with Crippen molar-refractivity contribution in [2.75, 3.05) is 13.7 Å². The van der Waals surface area contributed by atoms with Crippen molar-refractivity contribution >= 4 is 11.8 Å². The SMILES string of the molecule is CCOC(=O)C(C(=O)c1cccc(OC)c1)C(F)(F)F. The first-order valence-electron chi connectivity index (χ1n) is 5.72. The Labute approximate surface area is 113 Å². The van der Waals surface area contributed by atoms with E-state index >= 15 is 0 Å². The number of esters is 1. The van der Waals surface area contributed by atoms with E-state index in [0.29, 0.717) is 0 Å². The fraction of sp³-hybridized carbons (Fsp3) is 0.385. The Balaban J connectivity index is 3.13. The number of Topliss-reactive ketones (excluding diaryl/α,β-unsaturated/α-hetero) is 1. The molecule has 0 heterocycles. The van der Waals surface area contributed by atoms with Gasteiger partial charge in [0.2, 0.25) is 5.92 Å². The Morgan fingerprint density at radius 3 is 2.45 bits per heavy atom. The number of methoxy groups -OCH3 is 1. The zero-order valence-electron chi connectivity index (χ0n) is 10.9. The molecule has 0 N–H and O–H groups in total. The lowest BCUT2D eigenvalue weighted by Crippen LogP contribution is -2.38. The maximum Gasteiger partial charge on any atom is 0.409 e. The van der Waals surface area contributed by atoms with Crippen LogP contribution in [0.25, 0.3) is 0 Å². The van der Waals surface area contributed by atoms with Gasteiger partial charge in [-0.25, -0.2) is 0 Å². The zero-order valence-corrected chi connectivity index (χ0v) is 10.9. The zero-order chi connectivity index (χ0) is 15.3. The van der Waals surface area contributed by atoms with Gasteiger partial charge in [-0.2, -0.15) is 13.2 Å². The van der Waals surface area contributed by atoms with Gasteiger partial charge in [-0.1, -0.05) is 12.1 Å². The summed E-state index contributed by atoms with van der Waals surface area (Å²) in [6.45, 7) is 1.12. The Bertz CT molecular complexity index is 497. The highest BCUT2D eigenvalue weighted by atomic mass is 19.4. The van der Waals surface area contributed by atoms with Gasteiger partial charge in [-0.15, -0.1) is 0 Å². The molecule has 7 heteroatoms. The first-order valence-corrected chi connectivity index (χ1v) is 5.72. The molecule has 0 spiro atoms. The molecular weight excluding hydrogens is 277 g/mol. The molecule has 0 saturated heterocycles. The molecule has 1 atom stereocenters. The highest BCUT2D eigenvalue weighted by molar-refractivity contribution is 6.09. The average molecular weight is 290 g/mol. The predicted octanol–water partition coefficient (Wildman–Crippen LogP) is 2.62. The second kappa shape index (κ2) is 6.40. The molecular formula is C13H13F3O4. The summed E-state index contributed by atoms with van der Waals surface area (Å²) in [7, 11) is 1.32. The van der Waals surface area contributed by atoms with Crippen LogP contribution >= 0.6 is 0 Å². The minimum atomic E-state index is -5.01. The molecule has 20 heavy (non-hydrogen) atoms. The minimum Gasteiger partial charge on any atom is -0.497 e. The van der Waals surface area contributed by atoms with Crippen LogP contribution in [-0.2, 0) is 9.53 Å². The standard InChI is InChI=1S/C13H13F3O4/c1-3-20-12(18)10(13(14,15)16)11(17)8-5-4-6-9(7-8)19-2/h4-7,10H,3H2,1-2H3. The van der Waals surface area contributed by atoms with E-state index in [-0.39, 0.29) is 17.9 Å². The summed E-state index contributed by atoms with van der Waals surface area (Å²) in [5.41, 5.74) is -0.264. The van der Waals surface area contributed by atoms with Crippen molar-refractivity contribution in [3.05, 3.63) is 29.8 Å². The summed E-state index contributed by atoms with van der Waals surface area (Å²) < 4.78 is 47.7. The number of hydrogen-bond donors (Lipinski definition) is 0. The Kier molecular flexibility index (Phi) is 5.12. The van der Waals surface area contributed by atoms with Crippen molar-refractivity contribution in [1.29, 1.82) is 0 Å². The van der Waals surface area contributed by atoms with Crippen molar-refractivity contribution in [3.63, 3.8) is 0 Å². The lowest BCUT2D eigenvalue weighted by atomic mass is 9.97. The van der Waals surface area contributed by atoms with Crippen LogP contribution in [0.1, 0.15) is 17.3 Å². The maximum absolute atomic E-state index is 12.9. The van der Waals surface area contributed by atoms with E-state index < -0.39 is 23.8 Å². The van der Waals surface area contributed by atoms with Crippen LogP contribution in [0, 0.1) is 5.92 Å². The summed E-state index contributed by atoms with van der Waals surface area (Å²) in [6.07, 6.45) is -5.01. The Morgan fingerprint density at radius 2 is 1.95 bits per heavy atom. The molecule has 1 aromatic rings. The molecule has 1 rings (SSSR count). The fourth-order valence-corrected chi connectivity index (χ4v) is 1.56. The van der Waals surface area contributed by atoms with Gasteiger partial charge in [-0.3, -0.25) is 9.59 Å². The van der Waals surface area contributed by atoms with E-state index in [1.807, 2.05) is 0 Å². The van der Waals surface area contributed by atoms with Crippen LogP contribution in [-0.4, -0.2) is 31.6 Å². The van der Waals surface area contributed by atoms with Crippen LogP contribution in [0.4, 0.5) is 13.2 Å². The third kappa shape index (κ3) is 3.72. The summed E-state index contributed by atoms with van der Waals surface area (Å²) in [5, 5.41) is 0. The number of rotatable bonds is 5. The van der Waals surface area contributed by atoms with E-state index in [0.717, 1.165) is 6.07 Å². The second-order valence-corrected chi connectivity index (χ2v) is 3.82. The molecule has 0 aliphatic rings. The first-order chi connectivity index (χ1) is 9.31. The van der Waals surface area contributed by atoms with Gasteiger partial charge >= 0.3 is 12.1 Å². The lowest BCUT2D eigenvalue weighted by Gasteiger charge is -2.17. The van der Waals surface area contributed by atoms with Crippen molar-refractivity contribution in [2.45, 2.75) is 13.1 Å². The number of carbonyl (C=O) groups excluding carboxylic acids is 2. The molecule has 0 fully saturated rings. The Hall–Kier alpha value is -2.05. The molecule has 4 nitrogen and oxygen atoms in total. The number of benzene rings is 1. The summed E-state index contributed by atoms with van der Waals surface area (Å²) in [4.78, 5) is 23.3. The van der Waals surface area contributed by atoms with Gasteiger partial charge in [0.05, 0.1) is 13.7 Å². The third-order valence-electron chi connectivity index (χ3n) is 2.47. The first kappa shape index (κ1) is 16.0. The fourth-order valence-electron chi connectivity index (χ4n) is 1.56. The van der Waals surface area contributed by atoms with E-state index in [9.17, 15) is 22.8 Å². The van der Waals surface area contributed by atoms with Gasteiger partial charge in [-0.05, 0) is 19.1 Å². The molecule has 0 aliphatic heterocycles. The molecule has 0 aromatic heterocycles. The largest absolute Gasteiger partial charge is 0.497 e. The molecule has 1 unspecified atom stereocenters. The van der Waals surface area contributed by atoms with Gasteiger partial charge in [0.1, 0.15) is 5.75 Å². The normalized spacial score (nSPS) is 12.7. The number of ether oxygens (including phenoxy) is 2. The van der Waals surface area contributed by atoms with Crippen LogP contribution in [0.5, 0.6) is 5.75 Å². The molecule has 1 aromatic carbocycles. The van der Waals surface area contributed by atoms with Gasteiger partial charge < -0.3 is 9.47 Å². The lowest BCUT2D eigenvalue weighted by molar-refractivity contribution is -0.187. The number of hydrogen-bond acceptors (Lipinski definition) is 4. The van der Waals surface area contributed by atoms with Crippen LogP contribution < -0.4 is 4.74 Å². The monoisotopic (exact) mass is 290 g/mol. The Morgan fingerprint density at radius 1 is 1.30 bits per heavy atom. The predicted molar refractivity (Wildman–Crippen MR) is 63.5 cm³/mol. The van der Waals surface area contributed by atoms with Crippen molar-refractivity contribution < 1.29 is 32.2 Å². The van der Waals surface area contributed by atoms with E-state index in [2.05, 4.69) is 4.74 Å². The van der Waals surface area contributed by atoms with Gasteiger partial charge in [0, 0.05) is 5.56 Å². The van der Waals surface area contributed by atoms with Gasteiger partial charge in [0.15, 0.2) is 5.78 Å². The van der Waals surface area contributed by atoms with Gasteiger partial charge in [0.25, 0.3) is 0 Å². The molecule has 0 saturated carbocycles. The molecule has 0 bridgehead atoms. The van der Waals surface area contributed by atoms with Crippen LogP contribution in [0.3, 0.4) is 0 Å². The van der Waals surface area contributed by atoms with Crippen molar-refractivity contribution in [2.24, 2.45) is 5.92 Å². The van der Waals surface area contributed by atoms with Crippen molar-refractivity contribution in [3.8, 4) is 5.75 Å². The average Bonchev–Trinajstić information content (AvgIpc) is 2.37. The quantitative estimate of drug-likeness (QED) is 0.475. The smallest absolute Gasteiger partial charge is 0.409 e. The number of alkyl halides is 3. The van der Waals surface area contributed by atoms with Crippen LogP contribution in [0.15, 0.2) is 24.3 Å². The van der Waals surface area contributed by atoms with E-state index in [1.165, 1.54) is 32.2 Å². The molecule has 0 amide bonds. The summed E-state index contributed by atoms with van der Waals surface area (Å²) in [6, 6.07) is 5.16. The molecule has 0 aliphatic carbocycles. The summed E-state index contributed by atoms with van der Waals surface area (Å²) in [5.74, 6) is -5.57. The van der Waals surface area contributed by atoms with E-state index in [4.69, 9.17) is 4.74 Å². The molecule has 110 valence electrons. The second-order valence-electron chi connectivity index (χ2n) is 3.82. The summed E-state index contributed by atoms with van der Waals surface area (Å²) >= 11 is 0. The van der Waals surface area contributed by atoms with Crippen LogP contribution in [0.2, 0.25) is 0 Å². The number of ketones is 1. The number of halogens is 3. The molecule has 0 radical (unpaired) electrons. The maximum atomic E-state index is 12.9. The highest BCUT2D eigenvalue weighted by Crippen LogP contribution is 2.31. The topological polar surface area (TPSA) is 52.6 Å². The van der Waals surface area contributed by atoms with Crippen molar-refractivity contribution in [1.82, 2.24) is 0 Å². The van der Waals surface area contributed by atoms with E-state index in [1.54, 1.807) is 0 Å².